The van der Waals surface area contributed by atoms with Crippen molar-refractivity contribution in [1.82, 2.24) is 5.43 Å². The number of esters is 1. The van der Waals surface area contributed by atoms with Crippen LogP contribution in [-0.2, 0) is 4.79 Å². The Morgan fingerprint density at radius 1 is 0.943 bits per heavy atom. The van der Waals surface area contributed by atoms with Gasteiger partial charge in [0.15, 0.2) is 34.5 Å². The van der Waals surface area contributed by atoms with Gasteiger partial charge in [0.25, 0.3) is 5.91 Å². The van der Waals surface area contributed by atoms with Crippen molar-refractivity contribution in [3.05, 3.63) is 71.8 Å². The molecule has 0 radical (unpaired) electrons. The van der Waals surface area contributed by atoms with Gasteiger partial charge >= 0.3 is 5.97 Å². The Kier molecular flexibility index (Phi) is 6.08. The van der Waals surface area contributed by atoms with Crippen LogP contribution in [-0.4, -0.2) is 44.7 Å². The summed E-state index contributed by atoms with van der Waals surface area (Å²) < 4.78 is 32.6. The molecule has 5 rings (SSSR count). The van der Waals surface area contributed by atoms with Crippen LogP contribution in [0.2, 0.25) is 0 Å². The van der Waals surface area contributed by atoms with Crippen molar-refractivity contribution in [2.24, 2.45) is 5.10 Å². The van der Waals surface area contributed by atoms with E-state index in [0.717, 1.165) is 0 Å². The van der Waals surface area contributed by atoms with Crippen LogP contribution in [0.25, 0.3) is 0 Å². The molecule has 0 spiro atoms. The highest BCUT2D eigenvalue weighted by atomic mass is 16.7. The number of hydrogen-bond donors (Lipinski definition) is 1. The molecule has 0 bridgehead atoms. The number of rotatable bonds is 6. The third-order valence-corrected chi connectivity index (χ3v) is 5.19. The zero-order valence-corrected chi connectivity index (χ0v) is 18.6. The lowest BCUT2D eigenvalue weighted by molar-refractivity contribution is -0.130. The third kappa shape index (κ3) is 4.81. The summed E-state index contributed by atoms with van der Waals surface area (Å²) in [6.45, 7) is 0.191. The minimum atomic E-state index is -0.824. The number of methoxy groups -OCH3 is 1. The predicted octanol–water partition coefficient (Wildman–Crippen LogP) is 2.93. The molecule has 0 aliphatic carbocycles. The van der Waals surface area contributed by atoms with Crippen LogP contribution in [0.4, 0.5) is 0 Å². The highest BCUT2D eigenvalue weighted by molar-refractivity contribution is 5.92. The molecule has 0 saturated carbocycles. The first-order valence-electron chi connectivity index (χ1n) is 10.6. The van der Waals surface area contributed by atoms with Crippen molar-refractivity contribution in [3.63, 3.8) is 0 Å². The number of benzene rings is 3. The summed E-state index contributed by atoms with van der Waals surface area (Å²) in [7, 11) is 1.45. The number of hydrogen-bond acceptors (Lipinski definition) is 9. The fourth-order valence-corrected chi connectivity index (χ4v) is 3.42. The first-order chi connectivity index (χ1) is 17.1. The minimum absolute atomic E-state index is 0.0790. The molecular formula is C25H20N2O8. The fourth-order valence-electron chi connectivity index (χ4n) is 3.42. The number of amides is 1. The van der Waals surface area contributed by atoms with Gasteiger partial charge in [-0.1, -0.05) is 12.1 Å². The summed E-state index contributed by atoms with van der Waals surface area (Å²) >= 11 is 0. The second kappa shape index (κ2) is 9.64. The van der Waals surface area contributed by atoms with E-state index in [2.05, 4.69) is 10.5 Å². The lowest BCUT2D eigenvalue weighted by Crippen LogP contribution is -2.42. The van der Waals surface area contributed by atoms with Crippen molar-refractivity contribution in [2.45, 2.75) is 6.10 Å². The average Bonchev–Trinajstić information content (AvgIpc) is 3.37. The smallest absolute Gasteiger partial charge is 0.343 e. The van der Waals surface area contributed by atoms with E-state index in [4.69, 9.17) is 28.4 Å². The van der Waals surface area contributed by atoms with Gasteiger partial charge in [-0.3, -0.25) is 4.79 Å². The average molecular weight is 476 g/mol. The maximum Gasteiger partial charge on any atom is 0.343 e. The van der Waals surface area contributed by atoms with E-state index in [1.165, 1.54) is 13.3 Å². The molecule has 1 unspecified atom stereocenters. The molecule has 1 atom stereocenters. The maximum absolute atomic E-state index is 12.6. The van der Waals surface area contributed by atoms with Gasteiger partial charge in [-0.05, 0) is 54.1 Å². The summed E-state index contributed by atoms with van der Waals surface area (Å²) in [5, 5.41) is 3.97. The highest BCUT2D eigenvalue weighted by Crippen LogP contribution is 2.34. The zero-order chi connectivity index (χ0) is 24.2. The second-order valence-electron chi connectivity index (χ2n) is 7.47. The Hall–Kier alpha value is -4.73. The molecule has 0 aromatic heterocycles. The van der Waals surface area contributed by atoms with Gasteiger partial charge in [0, 0.05) is 0 Å². The Balaban J connectivity index is 1.20. The van der Waals surface area contributed by atoms with Gasteiger partial charge in [0.2, 0.25) is 12.9 Å². The van der Waals surface area contributed by atoms with Crippen LogP contribution in [0, 0.1) is 0 Å². The quantitative estimate of drug-likeness (QED) is 0.250. The number of ether oxygens (including phenoxy) is 6. The molecule has 3 aromatic rings. The standard InChI is InChI=1S/C25H20N2O8/c1-30-21-10-15(12-26-27-24(28)23-13-31-17-4-2-3-5-19(17)34-23)6-8-20(21)35-25(29)16-7-9-18-22(11-16)33-14-32-18/h2-12,23H,13-14H2,1H3,(H,27,28)/b26-12-. The highest BCUT2D eigenvalue weighted by Gasteiger charge is 2.27. The Labute approximate surface area is 200 Å². The number of para-hydroxylation sites is 2. The van der Waals surface area contributed by atoms with E-state index in [-0.39, 0.29) is 19.1 Å². The number of fused-ring (bicyclic) bond motifs is 2. The predicted molar refractivity (Wildman–Crippen MR) is 123 cm³/mol. The SMILES string of the molecule is COc1cc(/C=N\NC(=O)C2COc3ccccc3O2)ccc1OC(=O)c1ccc2c(c1)OCO2. The van der Waals surface area contributed by atoms with Crippen molar-refractivity contribution in [3.8, 4) is 34.5 Å². The van der Waals surface area contributed by atoms with Gasteiger partial charge in [0.1, 0.15) is 6.61 Å². The van der Waals surface area contributed by atoms with Crippen LogP contribution in [0.5, 0.6) is 34.5 Å². The summed E-state index contributed by atoms with van der Waals surface area (Å²) in [5.74, 6) is 1.66. The topological polar surface area (TPSA) is 114 Å². The lowest BCUT2D eigenvalue weighted by Gasteiger charge is -2.24. The summed E-state index contributed by atoms with van der Waals surface area (Å²) in [5.41, 5.74) is 3.35. The van der Waals surface area contributed by atoms with Crippen molar-refractivity contribution in [2.75, 3.05) is 20.5 Å². The molecule has 35 heavy (non-hydrogen) atoms. The Bertz CT molecular complexity index is 1310. The van der Waals surface area contributed by atoms with E-state index in [9.17, 15) is 9.59 Å². The van der Waals surface area contributed by atoms with E-state index in [1.807, 2.05) is 6.07 Å². The summed E-state index contributed by atoms with van der Waals surface area (Å²) in [6.07, 6.45) is 0.608. The van der Waals surface area contributed by atoms with Crippen LogP contribution in [0.15, 0.2) is 65.8 Å². The number of nitrogens with zero attached hydrogens (tertiary/aromatic N) is 1. The molecule has 1 N–H and O–H groups in total. The van der Waals surface area contributed by atoms with Crippen molar-refractivity contribution >= 4 is 18.1 Å². The molecular weight excluding hydrogens is 456 g/mol. The first kappa shape index (κ1) is 22.1. The number of nitrogens with one attached hydrogen (secondary N) is 1. The van der Waals surface area contributed by atoms with Gasteiger partial charge in [-0.15, -0.1) is 0 Å². The van der Waals surface area contributed by atoms with Crippen molar-refractivity contribution < 1.29 is 38.0 Å². The van der Waals surface area contributed by atoms with Gasteiger partial charge in [-0.2, -0.15) is 5.10 Å². The third-order valence-electron chi connectivity index (χ3n) is 5.19. The molecule has 1 amide bonds. The normalized spacial score (nSPS) is 15.5. The Morgan fingerprint density at radius 2 is 1.74 bits per heavy atom. The number of carbonyl (C=O) groups excluding carboxylic acids is 2. The van der Waals surface area contributed by atoms with Crippen molar-refractivity contribution in [1.29, 1.82) is 0 Å². The molecule has 10 nitrogen and oxygen atoms in total. The monoisotopic (exact) mass is 476 g/mol. The second-order valence-corrected chi connectivity index (χ2v) is 7.47. The van der Waals surface area contributed by atoms with Gasteiger partial charge in [0.05, 0.1) is 18.9 Å². The van der Waals surface area contributed by atoms with Crippen LogP contribution < -0.4 is 33.8 Å². The van der Waals surface area contributed by atoms with Crippen LogP contribution >= 0.6 is 0 Å². The minimum Gasteiger partial charge on any atom is -0.493 e. The number of hydrazone groups is 1. The zero-order valence-electron chi connectivity index (χ0n) is 18.6. The molecule has 2 aliphatic heterocycles. The van der Waals surface area contributed by atoms with Gasteiger partial charge < -0.3 is 28.4 Å². The van der Waals surface area contributed by atoms with E-state index in [1.54, 1.807) is 54.6 Å². The van der Waals surface area contributed by atoms with E-state index >= 15 is 0 Å². The molecule has 3 aromatic carbocycles. The fraction of sp³-hybridized carbons (Fsp3) is 0.160. The maximum atomic E-state index is 12.6. The number of carbonyl (C=O) groups is 2. The molecule has 2 heterocycles. The van der Waals surface area contributed by atoms with E-state index in [0.29, 0.717) is 39.9 Å². The largest absolute Gasteiger partial charge is 0.493 e. The molecule has 10 heteroatoms. The summed E-state index contributed by atoms with van der Waals surface area (Å²) in [4.78, 5) is 24.9. The van der Waals surface area contributed by atoms with Gasteiger partial charge in [-0.25, -0.2) is 10.2 Å². The lowest BCUT2D eigenvalue weighted by atomic mass is 10.2. The molecule has 0 fully saturated rings. The molecule has 0 saturated heterocycles. The van der Waals surface area contributed by atoms with Crippen LogP contribution in [0.3, 0.4) is 0 Å². The van der Waals surface area contributed by atoms with Crippen LogP contribution in [0.1, 0.15) is 15.9 Å². The summed E-state index contributed by atoms with van der Waals surface area (Å²) in [6, 6.07) is 16.8. The Morgan fingerprint density at radius 3 is 2.60 bits per heavy atom. The first-order valence-corrected chi connectivity index (χ1v) is 10.6. The van der Waals surface area contributed by atoms with E-state index < -0.39 is 18.0 Å². The molecule has 2 aliphatic rings. The molecule has 178 valence electrons.